The minimum atomic E-state index is -0.512. The lowest BCUT2D eigenvalue weighted by molar-refractivity contribution is -0.132. The van der Waals surface area contributed by atoms with E-state index in [4.69, 9.17) is 11.5 Å². The van der Waals surface area contributed by atoms with Gasteiger partial charge in [0.25, 0.3) is 0 Å². The summed E-state index contributed by atoms with van der Waals surface area (Å²) in [4.78, 5) is 24.9. The minimum Gasteiger partial charge on any atom is -0.369 e. The van der Waals surface area contributed by atoms with Crippen molar-refractivity contribution in [2.75, 3.05) is 13.1 Å². The van der Waals surface area contributed by atoms with Gasteiger partial charge in [-0.15, -0.1) is 0 Å². The van der Waals surface area contributed by atoms with Crippen LogP contribution in [-0.2, 0) is 16.0 Å². The van der Waals surface area contributed by atoms with Crippen LogP contribution < -0.4 is 11.5 Å². The summed E-state index contributed by atoms with van der Waals surface area (Å²) in [7, 11) is 0. The summed E-state index contributed by atoms with van der Waals surface area (Å²) >= 11 is 0. The lowest BCUT2D eigenvalue weighted by Crippen LogP contribution is -2.43. The fourth-order valence-corrected chi connectivity index (χ4v) is 2.52. The molecule has 1 aromatic carbocycles. The molecule has 5 heteroatoms. The van der Waals surface area contributed by atoms with Gasteiger partial charge in [0.2, 0.25) is 11.8 Å². The molecule has 0 aliphatic carbocycles. The van der Waals surface area contributed by atoms with Crippen LogP contribution in [0.5, 0.6) is 0 Å². The molecule has 2 unspecified atom stereocenters. The van der Waals surface area contributed by atoms with Crippen molar-refractivity contribution < 1.29 is 9.59 Å². The van der Waals surface area contributed by atoms with Gasteiger partial charge in [0.15, 0.2) is 0 Å². The maximum Gasteiger partial charge on any atom is 0.239 e. The molecular formula is C15H21N3O2. The zero-order chi connectivity index (χ0) is 14.5. The summed E-state index contributed by atoms with van der Waals surface area (Å²) in [6.07, 6.45) is 2.04. The van der Waals surface area contributed by atoms with Crippen LogP contribution in [0.2, 0.25) is 0 Å². The van der Waals surface area contributed by atoms with Gasteiger partial charge in [-0.05, 0) is 24.8 Å². The molecule has 0 saturated carbocycles. The van der Waals surface area contributed by atoms with Crippen LogP contribution >= 0.6 is 0 Å². The molecule has 1 heterocycles. The van der Waals surface area contributed by atoms with E-state index in [9.17, 15) is 9.59 Å². The lowest BCUT2D eigenvalue weighted by atomic mass is 10.0. The Bertz CT molecular complexity index is 475. The predicted octanol–water partition coefficient (Wildman–Crippen LogP) is 0.280. The summed E-state index contributed by atoms with van der Waals surface area (Å²) in [5.41, 5.74) is 12.4. The van der Waals surface area contributed by atoms with Gasteiger partial charge >= 0.3 is 0 Å². The quantitative estimate of drug-likeness (QED) is 0.809. The zero-order valence-electron chi connectivity index (χ0n) is 11.5. The normalized spacial score (nSPS) is 19.9. The largest absolute Gasteiger partial charge is 0.369 e. The molecule has 2 rings (SSSR count). The molecule has 1 aliphatic rings. The number of aryl methyl sites for hydroxylation is 1. The van der Waals surface area contributed by atoms with Gasteiger partial charge in [0.1, 0.15) is 0 Å². The van der Waals surface area contributed by atoms with E-state index in [1.807, 2.05) is 30.3 Å². The smallest absolute Gasteiger partial charge is 0.239 e. The molecule has 4 N–H and O–H groups in total. The van der Waals surface area contributed by atoms with E-state index in [0.29, 0.717) is 25.9 Å². The van der Waals surface area contributed by atoms with E-state index in [1.54, 1.807) is 4.90 Å². The number of primary amides is 1. The Morgan fingerprint density at radius 3 is 2.60 bits per heavy atom. The molecule has 0 aromatic heterocycles. The maximum absolute atomic E-state index is 12.2. The summed E-state index contributed by atoms with van der Waals surface area (Å²) < 4.78 is 0. The van der Waals surface area contributed by atoms with Crippen molar-refractivity contribution in [1.82, 2.24) is 4.90 Å². The number of nitrogens with two attached hydrogens (primary N) is 2. The van der Waals surface area contributed by atoms with E-state index >= 15 is 0 Å². The van der Waals surface area contributed by atoms with Crippen molar-refractivity contribution in [3.63, 3.8) is 0 Å². The number of likely N-dealkylation sites (tertiary alicyclic amines) is 1. The number of benzene rings is 1. The highest BCUT2D eigenvalue weighted by Crippen LogP contribution is 2.17. The number of hydrogen-bond acceptors (Lipinski definition) is 3. The molecule has 1 fully saturated rings. The molecule has 108 valence electrons. The van der Waals surface area contributed by atoms with Gasteiger partial charge in [-0.2, -0.15) is 0 Å². The van der Waals surface area contributed by atoms with Gasteiger partial charge in [-0.3, -0.25) is 9.59 Å². The van der Waals surface area contributed by atoms with Gasteiger partial charge in [-0.25, -0.2) is 0 Å². The molecule has 1 aromatic rings. The lowest BCUT2D eigenvalue weighted by Gasteiger charge is -2.20. The predicted molar refractivity (Wildman–Crippen MR) is 76.6 cm³/mol. The number of carbonyl (C=O) groups excluding carboxylic acids is 2. The van der Waals surface area contributed by atoms with E-state index in [0.717, 1.165) is 6.42 Å². The van der Waals surface area contributed by atoms with Crippen molar-refractivity contribution in [2.24, 2.45) is 17.4 Å². The average Bonchev–Trinajstić information content (AvgIpc) is 2.95. The van der Waals surface area contributed by atoms with Gasteiger partial charge in [0, 0.05) is 13.1 Å². The Balaban J connectivity index is 1.82. The molecule has 0 bridgehead atoms. The van der Waals surface area contributed by atoms with Crippen molar-refractivity contribution in [2.45, 2.75) is 25.3 Å². The molecule has 2 atom stereocenters. The number of amides is 2. The molecular weight excluding hydrogens is 254 g/mol. The van der Waals surface area contributed by atoms with Crippen molar-refractivity contribution in [1.29, 1.82) is 0 Å². The summed E-state index contributed by atoms with van der Waals surface area (Å²) in [6.45, 7) is 0.985. The molecule has 1 aliphatic heterocycles. The minimum absolute atomic E-state index is 0.0790. The second-order valence-electron chi connectivity index (χ2n) is 5.30. The summed E-state index contributed by atoms with van der Waals surface area (Å²) in [6, 6.07) is 9.44. The fourth-order valence-electron chi connectivity index (χ4n) is 2.52. The first-order valence-electron chi connectivity index (χ1n) is 6.95. The summed E-state index contributed by atoms with van der Waals surface area (Å²) in [5.74, 6) is -0.636. The molecule has 1 saturated heterocycles. The van der Waals surface area contributed by atoms with Crippen molar-refractivity contribution in [3.05, 3.63) is 35.9 Å². The highest BCUT2D eigenvalue weighted by molar-refractivity contribution is 5.84. The van der Waals surface area contributed by atoms with Crippen LogP contribution in [0.4, 0.5) is 0 Å². The Morgan fingerprint density at radius 1 is 1.30 bits per heavy atom. The molecule has 2 amide bonds. The van der Waals surface area contributed by atoms with E-state index < -0.39 is 6.04 Å². The number of hydrogen-bond donors (Lipinski definition) is 2. The second kappa shape index (κ2) is 6.52. The maximum atomic E-state index is 12.2. The van der Waals surface area contributed by atoms with Gasteiger partial charge in [-0.1, -0.05) is 30.3 Å². The van der Waals surface area contributed by atoms with Crippen LogP contribution in [0.15, 0.2) is 30.3 Å². The molecule has 0 radical (unpaired) electrons. The van der Waals surface area contributed by atoms with E-state index in [2.05, 4.69) is 0 Å². The van der Waals surface area contributed by atoms with Crippen LogP contribution in [0.1, 0.15) is 18.4 Å². The topological polar surface area (TPSA) is 89.4 Å². The first-order valence-corrected chi connectivity index (χ1v) is 6.95. The van der Waals surface area contributed by atoms with E-state index in [-0.39, 0.29) is 17.7 Å². The first kappa shape index (κ1) is 14.5. The average molecular weight is 275 g/mol. The molecule has 20 heavy (non-hydrogen) atoms. The van der Waals surface area contributed by atoms with Gasteiger partial charge < -0.3 is 16.4 Å². The van der Waals surface area contributed by atoms with Crippen LogP contribution in [0.25, 0.3) is 0 Å². The zero-order valence-corrected chi connectivity index (χ0v) is 11.5. The van der Waals surface area contributed by atoms with E-state index in [1.165, 1.54) is 5.56 Å². The number of rotatable bonds is 5. The Hall–Kier alpha value is -1.88. The number of carbonyl (C=O) groups is 2. The first-order chi connectivity index (χ1) is 9.58. The van der Waals surface area contributed by atoms with Gasteiger partial charge in [0.05, 0.1) is 12.0 Å². The monoisotopic (exact) mass is 275 g/mol. The highest BCUT2D eigenvalue weighted by atomic mass is 16.2. The second-order valence-corrected chi connectivity index (χ2v) is 5.30. The fraction of sp³-hybridized carbons (Fsp3) is 0.467. The summed E-state index contributed by atoms with van der Waals surface area (Å²) in [5, 5.41) is 0. The van der Waals surface area contributed by atoms with Crippen molar-refractivity contribution in [3.8, 4) is 0 Å². The SMILES string of the molecule is NC(=O)C1CCN(C(=O)C(N)CCc2ccccc2)C1. The Kier molecular flexibility index (Phi) is 4.74. The highest BCUT2D eigenvalue weighted by Gasteiger charge is 2.31. The van der Waals surface area contributed by atoms with Crippen LogP contribution in [0, 0.1) is 5.92 Å². The van der Waals surface area contributed by atoms with Crippen molar-refractivity contribution >= 4 is 11.8 Å². The Labute approximate surface area is 118 Å². The molecule has 5 nitrogen and oxygen atoms in total. The molecule has 0 spiro atoms. The van der Waals surface area contributed by atoms with Crippen LogP contribution in [0.3, 0.4) is 0 Å². The third-order valence-electron chi connectivity index (χ3n) is 3.81. The third kappa shape index (κ3) is 3.57. The standard InChI is InChI=1S/C15H21N3O2/c16-13(7-6-11-4-2-1-3-5-11)15(20)18-9-8-12(10-18)14(17)19/h1-5,12-13H,6-10,16H2,(H2,17,19). The number of nitrogens with zero attached hydrogens (tertiary/aromatic N) is 1. The third-order valence-corrected chi connectivity index (χ3v) is 3.81. The Morgan fingerprint density at radius 2 is 2.00 bits per heavy atom. The van der Waals surface area contributed by atoms with Crippen LogP contribution in [-0.4, -0.2) is 35.8 Å².